The highest BCUT2D eigenvalue weighted by atomic mass is 16.7. The van der Waals surface area contributed by atoms with Crippen molar-refractivity contribution in [2.45, 2.75) is 6.61 Å². The summed E-state index contributed by atoms with van der Waals surface area (Å²) in [5.74, 6) is -1.10. The Balaban J connectivity index is 2.64. The van der Waals surface area contributed by atoms with Crippen LogP contribution in [0.4, 0.5) is 0 Å². The number of ether oxygens (including phenoxy) is 1. The van der Waals surface area contributed by atoms with Gasteiger partial charge in [0.25, 0.3) is 5.91 Å². The Morgan fingerprint density at radius 3 is 2.71 bits per heavy atom. The molecule has 0 radical (unpaired) electrons. The van der Waals surface area contributed by atoms with Crippen molar-refractivity contribution in [1.29, 1.82) is 0 Å². The van der Waals surface area contributed by atoms with Crippen LogP contribution in [0.2, 0.25) is 0 Å². The van der Waals surface area contributed by atoms with Crippen LogP contribution in [-0.2, 0) is 21.0 Å². The number of nitrogens with two attached hydrogens (primary N) is 1. The Kier molecular flexibility index (Phi) is 5.12. The number of benzene rings is 1. The van der Waals surface area contributed by atoms with E-state index in [2.05, 4.69) is 10.3 Å². The zero-order valence-electron chi connectivity index (χ0n) is 9.43. The monoisotopic (exact) mass is 238 g/mol. The fraction of sp³-hybridized carbons (Fsp3) is 0.273. The fourth-order valence-electron chi connectivity index (χ4n) is 1.25. The first-order chi connectivity index (χ1) is 8.15. The molecular weight excluding hydrogens is 224 g/mol. The first-order valence-corrected chi connectivity index (χ1v) is 4.92. The molecule has 0 aliphatic heterocycles. The number of nitrogens with one attached hydrogen (secondary N) is 1. The molecule has 1 rings (SSSR count). The van der Waals surface area contributed by atoms with Gasteiger partial charge in [-0.3, -0.25) is 14.4 Å². The highest BCUT2D eigenvalue weighted by Crippen LogP contribution is 2.09. The van der Waals surface area contributed by atoms with Gasteiger partial charge in [-0.2, -0.15) is 0 Å². The van der Waals surface area contributed by atoms with E-state index in [-0.39, 0.29) is 6.61 Å². The van der Waals surface area contributed by atoms with Crippen LogP contribution < -0.4 is 11.2 Å². The molecule has 0 heterocycles. The number of hydrogen-bond acceptors (Lipinski definition) is 4. The highest BCUT2D eigenvalue weighted by Gasteiger charge is 2.10. The van der Waals surface area contributed by atoms with Crippen LogP contribution in [0.15, 0.2) is 24.3 Å². The molecule has 1 aromatic rings. The van der Waals surface area contributed by atoms with Gasteiger partial charge in [-0.05, 0) is 11.6 Å². The van der Waals surface area contributed by atoms with E-state index in [1.807, 2.05) is 0 Å². The van der Waals surface area contributed by atoms with Gasteiger partial charge in [0.2, 0.25) is 5.91 Å². The van der Waals surface area contributed by atoms with Gasteiger partial charge in [0.15, 0.2) is 6.61 Å². The summed E-state index contributed by atoms with van der Waals surface area (Å²) in [6, 6.07) is 6.93. The molecule has 0 bridgehead atoms. The number of hydroxylamine groups is 1. The van der Waals surface area contributed by atoms with E-state index in [9.17, 15) is 9.59 Å². The highest BCUT2D eigenvalue weighted by molar-refractivity contribution is 5.95. The van der Waals surface area contributed by atoms with Crippen LogP contribution in [0.1, 0.15) is 15.9 Å². The van der Waals surface area contributed by atoms with E-state index in [1.54, 1.807) is 24.3 Å². The largest absolute Gasteiger partial charge is 0.380 e. The smallest absolute Gasteiger partial charge is 0.275 e. The maximum absolute atomic E-state index is 11.7. The number of methoxy groups -OCH3 is 1. The average Bonchev–Trinajstić information content (AvgIpc) is 2.29. The molecule has 2 amide bonds. The minimum atomic E-state index is -0.657. The molecular formula is C11H14N2O4. The predicted molar refractivity (Wildman–Crippen MR) is 59.8 cm³/mol. The molecule has 0 saturated carbocycles. The quantitative estimate of drug-likeness (QED) is 0.681. The van der Waals surface area contributed by atoms with Crippen molar-refractivity contribution < 1.29 is 19.2 Å². The SMILES string of the molecule is COCc1ccccc1C(=O)NOCC(N)=O. The third-order valence-electron chi connectivity index (χ3n) is 1.94. The minimum absolute atomic E-state index is 0.319. The van der Waals surface area contributed by atoms with E-state index >= 15 is 0 Å². The maximum atomic E-state index is 11.7. The summed E-state index contributed by atoms with van der Waals surface area (Å²) in [5, 5.41) is 0. The number of amides is 2. The summed E-state index contributed by atoms with van der Waals surface area (Å²) in [5.41, 5.74) is 8.15. The molecule has 3 N–H and O–H groups in total. The molecule has 0 fully saturated rings. The predicted octanol–water partition coefficient (Wildman–Crippen LogP) is -0.0203. The summed E-state index contributed by atoms with van der Waals surface area (Å²) in [7, 11) is 1.54. The van der Waals surface area contributed by atoms with E-state index in [1.165, 1.54) is 7.11 Å². The second kappa shape index (κ2) is 6.62. The molecule has 0 saturated heterocycles. The Morgan fingerprint density at radius 1 is 1.35 bits per heavy atom. The molecule has 0 unspecified atom stereocenters. The summed E-state index contributed by atoms with van der Waals surface area (Å²) >= 11 is 0. The van der Waals surface area contributed by atoms with Crippen molar-refractivity contribution in [3.8, 4) is 0 Å². The van der Waals surface area contributed by atoms with Crippen LogP contribution in [0.3, 0.4) is 0 Å². The summed E-state index contributed by atoms with van der Waals surface area (Å²) in [4.78, 5) is 26.7. The van der Waals surface area contributed by atoms with Crippen LogP contribution in [0.25, 0.3) is 0 Å². The fourth-order valence-corrected chi connectivity index (χ4v) is 1.25. The van der Waals surface area contributed by atoms with E-state index in [0.717, 1.165) is 5.56 Å². The number of hydrogen-bond donors (Lipinski definition) is 2. The van der Waals surface area contributed by atoms with Crippen LogP contribution in [0.5, 0.6) is 0 Å². The van der Waals surface area contributed by atoms with Gasteiger partial charge in [0.1, 0.15) is 0 Å². The molecule has 0 aromatic heterocycles. The van der Waals surface area contributed by atoms with Crippen molar-refractivity contribution in [2.24, 2.45) is 5.73 Å². The van der Waals surface area contributed by atoms with Crippen molar-refractivity contribution >= 4 is 11.8 Å². The summed E-state index contributed by atoms with van der Waals surface area (Å²) in [6.45, 7) is -0.0441. The molecule has 6 nitrogen and oxygen atoms in total. The standard InChI is InChI=1S/C11H14N2O4/c1-16-6-8-4-2-3-5-9(8)11(15)13-17-7-10(12)14/h2-5H,6-7H2,1H3,(H2,12,14)(H,13,15). The Morgan fingerprint density at radius 2 is 2.06 bits per heavy atom. The lowest BCUT2D eigenvalue weighted by atomic mass is 10.1. The number of primary amides is 1. The van der Waals surface area contributed by atoms with Crippen molar-refractivity contribution in [2.75, 3.05) is 13.7 Å². The normalized spacial score (nSPS) is 9.94. The Bertz CT molecular complexity index is 406. The van der Waals surface area contributed by atoms with Crippen molar-refractivity contribution in [3.63, 3.8) is 0 Å². The molecule has 6 heteroatoms. The van der Waals surface area contributed by atoms with Crippen LogP contribution in [0, 0.1) is 0 Å². The van der Waals surface area contributed by atoms with Gasteiger partial charge in [0, 0.05) is 12.7 Å². The van der Waals surface area contributed by atoms with E-state index < -0.39 is 11.8 Å². The zero-order valence-corrected chi connectivity index (χ0v) is 9.43. The second-order valence-corrected chi connectivity index (χ2v) is 3.28. The van der Waals surface area contributed by atoms with Crippen LogP contribution >= 0.6 is 0 Å². The zero-order chi connectivity index (χ0) is 12.7. The topological polar surface area (TPSA) is 90.7 Å². The van der Waals surface area contributed by atoms with Crippen LogP contribution in [-0.4, -0.2) is 25.5 Å². The average molecular weight is 238 g/mol. The van der Waals surface area contributed by atoms with Gasteiger partial charge in [0.05, 0.1) is 6.61 Å². The lowest BCUT2D eigenvalue weighted by Gasteiger charge is -2.08. The maximum Gasteiger partial charge on any atom is 0.275 e. The molecule has 0 aliphatic rings. The third kappa shape index (κ3) is 4.21. The molecule has 17 heavy (non-hydrogen) atoms. The first kappa shape index (κ1) is 13.1. The number of carbonyl (C=O) groups is 2. The first-order valence-electron chi connectivity index (χ1n) is 4.92. The lowest BCUT2D eigenvalue weighted by Crippen LogP contribution is -2.30. The van der Waals surface area contributed by atoms with Crippen molar-refractivity contribution in [1.82, 2.24) is 5.48 Å². The minimum Gasteiger partial charge on any atom is -0.380 e. The van der Waals surface area contributed by atoms with Gasteiger partial charge < -0.3 is 10.5 Å². The lowest BCUT2D eigenvalue weighted by molar-refractivity contribution is -0.124. The van der Waals surface area contributed by atoms with Gasteiger partial charge in [-0.1, -0.05) is 18.2 Å². The summed E-state index contributed by atoms with van der Waals surface area (Å²) in [6.07, 6.45) is 0. The second-order valence-electron chi connectivity index (χ2n) is 3.28. The third-order valence-corrected chi connectivity index (χ3v) is 1.94. The molecule has 0 atom stereocenters. The van der Waals surface area contributed by atoms with Crippen molar-refractivity contribution in [3.05, 3.63) is 35.4 Å². The van der Waals surface area contributed by atoms with Gasteiger partial charge in [-0.15, -0.1) is 0 Å². The Labute approximate surface area is 98.7 Å². The molecule has 0 spiro atoms. The summed E-state index contributed by atoms with van der Waals surface area (Å²) < 4.78 is 4.97. The van der Waals surface area contributed by atoms with Gasteiger partial charge in [-0.25, -0.2) is 5.48 Å². The molecule has 1 aromatic carbocycles. The molecule has 92 valence electrons. The Hall–Kier alpha value is -1.92. The van der Waals surface area contributed by atoms with E-state index in [0.29, 0.717) is 12.2 Å². The number of carbonyl (C=O) groups excluding carboxylic acids is 2. The van der Waals surface area contributed by atoms with Gasteiger partial charge >= 0.3 is 0 Å². The number of rotatable bonds is 6. The van der Waals surface area contributed by atoms with E-state index in [4.69, 9.17) is 10.5 Å². The molecule has 0 aliphatic carbocycles.